The number of aromatic nitrogens is 5. The highest BCUT2D eigenvalue weighted by atomic mass is 32.1. The number of aryl methyl sites for hydroxylation is 2. The molecule has 0 atom stereocenters. The lowest BCUT2D eigenvalue weighted by Gasteiger charge is -2.04. The monoisotopic (exact) mass is 354 g/mol. The van der Waals surface area contributed by atoms with Gasteiger partial charge in [0.1, 0.15) is 0 Å². The Bertz CT molecular complexity index is 916. The third-order valence-electron chi connectivity index (χ3n) is 3.39. The highest BCUT2D eigenvalue weighted by Gasteiger charge is 2.34. The van der Waals surface area contributed by atoms with E-state index in [0.29, 0.717) is 11.3 Å². The maximum Gasteiger partial charge on any atom is 0.434 e. The molecule has 3 aromatic rings. The second-order valence-corrected chi connectivity index (χ2v) is 5.91. The fourth-order valence-corrected chi connectivity index (χ4v) is 2.99. The van der Waals surface area contributed by atoms with Crippen LogP contribution in [0.25, 0.3) is 22.1 Å². The first-order valence-corrected chi connectivity index (χ1v) is 7.58. The van der Waals surface area contributed by atoms with E-state index in [4.69, 9.17) is 0 Å². The molecule has 24 heavy (non-hydrogen) atoms. The lowest BCUT2D eigenvalue weighted by Crippen LogP contribution is -2.05. The van der Waals surface area contributed by atoms with Gasteiger partial charge in [0.15, 0.2) is 16.5 Å². The van der Waals surface area contributed by atoms with Gasteiger partial charge in [-0.2, -0.15) is 23.3 Å². The van der Waals surface area contributed by atoms with Crippen LogP contribution in [0.5, 0.6) is 5.88 Å². The van der Waals surface area contributed by atoms with E-state index in [1.165, 1.54) is 0 Å². The number of nitrogens with zero attached hydrogens (tertiary/aromatic N) is 5. The standard InChI is InChI=1S/C14H11F3N5OS/c1-6-11(7(2)22(3)21-6)8-4-10(23)20-12(18-8)13-19-9(5-24-13)14(15,16)17/h5H,1-3H3,(H,18,20,23). The largest absolute Gasteiger partial charge is 0.493 e. The number of thiazole rings is 1. The van der Waals surface area contributed by atoms with Crippen LogP contribution < -0.4 is 0 Å². The van der Waals surface area contributed by atoms with E-state index in [2.05, 4.69) is 26.1 Å². The van der Waals surface area contributed by atoms with Crippen molar-refractivity contribution in [1.29, 1.82) is 0 Å². The molecule has 10 heteroatoms. The topological polar surface area (TPSA) is 76.7 Å². The Labute approximate surface area is 138 Å². The van der Waals surface area contributed by atoms with Crippen LogP contribution in [-0.2, 0) is 13.2 Å². The van der Waals surface area contributed by atoms with E-state index in [1.807, 2.05) is 6.92 Å². The molecule has 0 aliphatic rings. The lowest BCUT2D eigenvalue weighted by molar-refractivity contribution is -0.140. The van der Waals surface area contributed by atoms with E-state index >= 15 is 0 Å². The Balaban J connectivity index is 2.12. The fourth-order valence-electron chi connectivity index (χ4n) is 2.23. The highest BCUT2D eigenvalue weighted by Crippen LogP contribution is 2.34. The van der Waals surface area contributed by atoms with Crippen LogP contribution in [0.2, 0.25) is 0 Å². The van der Waals surface area contributed by atoms with Crippen molar-refractivity contribution in [3.63, 3.8) is 0 Å². The average Bonchev–Trinajstić information content (AvgIpc) is 3.04. The Morgan fingerprint density at radius 2 is 1.92 bits per heavy atom. The molecule has 0 aliphatic heterocycles. The van der Waals surface area contributed by atoms with Gasteiger partial charge in [-0.3, -0.25) is 4.68 Å². The number of hydrogen-bond donors (Lipinski definition) is 1. The Hall–Kier alpha value is -2.49. The maximum absolute atomic E-state index is 12.7. The second kappa shape index (κ2) is 5.55. The van der Waals surface area contributed by atoms with Crippen molar-refractivity contribution < 1.29 is 18.3 Å². The lowest BCUT2D eigenvalue weighted by atomic mass is 10.1. The fraction of sp³-hybridized carbons (Fsp3) is 0.286. The number of halogens is 3. The molecule has 3 aromatic heterocycles. The van der Waals surface area contributed by atoms with Crippen LogP contribution in [-0.4, -0.2) is 29.8 Å². The quantitative estimate of drug-likeness (QED) is 0.765. The van der Waals surface area contributed by atoms with Crippen LogP contribution in [0, 0.1) is 19.9 Å². The molecule has 3 rings (SSSR count). The van der Waals surface area contributed by atoms with Gasteiger partial charge in [0.25, 0.3) is 0 Å². The number of alkyl halides is 3. The summed E-state index contributed by atoms with van der Waals surface area (Å²) >= 11 is 0.754. The van der Waals surface area contributed by atoms with Gasteiger partial charge in [-0.25, -0.2) is 9.97 Å². The van der Waals surface area contributed by atoms with E-state index in [0.717, 1.165) is 22.4 Å². The second-order valence-electron chi connectivity index (χ2n) is 5.05. The van der Waals surface area contributed by atoms with E-state index in [-0.39, 0.29) is 16.5 Å². The van der Waals surface area contributed by atoms with Crippen molar-refractivity contribution in [3.8, 4) is 28.0 Å². The van der Waals surface area contributed by atoms with Crippen LogP contribution >= 0.6 is 11.3 Å². The molecule has 0 saturated carbocycles. The maximum atomic E-state index is 12.7. The van der Waals surface area contributed by atoms with Crippen LogP contribution in [0.3, 0.4) is 0 Å². The summed E-state index contributed by atoms with van der Waals surface area (Å²) in [6, 6.07) is 2.60. The van der Waals surface area contributed by atoms with Crippen molar-refractivity contribution in [2.24, 2.45) is 7.05 Å². The van der Waals surface area contributed by atoms with Crippen molar-refractivity contribution in [2.75, 3.05) is 0 Å². The summed E-state index contributed by atoms with van der Waals surface area (Å²) in [5, 5.41) is 14.9. The molecular formula is C14H11F3N5OS. The predicted octanol–water partition coefficient (Wildman–Crippen LogP) is 3.14. The van der Waals surface area contributed by atoms with Crippen LogP contribution in [0.4, 0.5) is 13.2 Å². The molecule has 0 aliphatic carbocycles. The molecule has 0 spiro atoms. The summed E-state index contributed by atoms with van der Waals surface area (Å²) in [4.78, 5) is 11.4. The first-order chi connectivity index (χ1) is 11.2. The Kier molecular flexibility index (Phi) is 3.78. The molecule has 125 valence electrons. The van der Waals surface area contributed by atoms with E-state index in [1.54, 1.807) is 18.7 Å². The summed E-state index contributed by atoms with van der Waals surface area (Å²) in [7, 11) is 1.75. The SMILES string of the molecule is Cc1nn(C)c(C)c1-c1[c]c(O)nc(-c2nc(C(F)(F)F)cs2)n1. The molecule has 0 fully saturated rings. The summed E-state index contributed by atoms with van der Waals surface area (Å²) in [6.45, 7) is 3.58. The molecule has 3 heterocycles. The summed E-state index contributed by atoms with van der Waals surface area (Å²) in [6.07, 6.45) is -4.54. The third kappa shape index (κ3) is 2.84. The van der Waals surface area contributed by atoms with Crippen LogP contribution in [0.15, 0.2) is 5.38 Å². The van der Waals surface area contributed by atoms with E-state index < -0.39 is 17.8 Å². The summed E-state index contributed by atoms with van der Waals surface area (Å²) in [5.41, 5.74) is 1.32. The minimum Gasteiger partial charge on any atom is -0.493 e. The zero-order valence-corrected chi connectivity index (χ0v) is 13.6. The van der Waals surface area contributed by atoms with Gasteiger partial charge < -0.3 is 5.11 Å². The van der Waals surface area contributed by atoms with E-state index in [9.17, 15) is 18.3 Å². The predicted molar refractivity (Wildman–Crippen MR) is 80.3 cm³/mol. The highest BCUT2D eigenvalue weighted by molar-refractivity contribution is 7.13. The Morgan fingerprint density at radius 3 is 2.46 bits per heavy atom. The molecule has 0 saturated heterocycles. The van der Waals surface area contributed by atoms with Gasteiger partial charge in [-0.05, 0) is 13.8 Å². The molecule has 1 radical (unpaired) electrons. The molecule has 6 nitrogen and oxygen atoms in total. The van der Waals surface area contributed by atoms with Crippen molar-refractivity contribution in [3.05, 3.63) is 28.5 Å². The summed E-state index contributed by atoms with van der Waals surface area (Å²) < 4.78 is 39.7. The van der Waals surface area contributed by atoms with Gasteiger partial charge >= 0.3 is 6.18 Å². The van der Waals surface area contributed by atoms with Crippen molar-refractivity contribution >= 4 is 11.3 Å². The number of hydrogen-bond acceptors (Lipinski definition) is 6. The Morgan fingerprint density at radius 1 is 1.21 bits per heavy atom. The molecule has 1 N–H and O–H groups in total. The van der Waals surface area contributed by atoms with Gasteiger partial charge in [0.2, 0.25) is 5.88 Å². The van der Waals surface area contributed by atoms with Crippen molar-refractivity contribution in [1.82, 2.24) is 24.7 Å². The minimum absolute atomic E-state index is 0.0351. The molecule has 0 bridgehead atoms. The van der Waals surface area contributed by atoms with Crippen LogP contribution in [0.1, 0.15) is 17.1 Å². The van der Waals surface area contributed by atoms with Gasteiger partial charge in [0, 0.05) is 23.7 Å². The van der Waals surface area contributed by atoms with Gasteiger partial charge in [-0.15, -0.1) is 11.3 Å². The smallest absolute Gasteiger partial charge is 0.434 e. The first-order valence-electron chi connectivity index (χ1n) is 6.71. The average molecular weight is 354 g/mol. The van der Waals surface area contributed by atoms with Gasteiger partial charge in [0.05, 0.1) is 17.5 Å². The molecule has 0 amide bonds. The molecular weight excluding hydrogens is 343 g/mol. The molecule has 0 aromatic carbocycles. The summed E-state index contributed by atoms with van der Waals surface area (Å²) in [5.74, 6) is -0.564. The third-order valence-corrected chi connectivity index (χ3v) is 4.23. The molecule has 0 unspecified atom stereocenters. The van der Waals surface area contributed by atoms with Crippen molar-refractivity contribution in [2.45, 2.75) is 20.0 Å². The minimum atomic E-state index is -4.54. The normalized spacial score (nSPS) is 11.9. The number of rotatable bonds is 2. The first kappa shape index (κ1) is 16.4. The van der Waals surface area contributed by atoms with Gasteiger partial charge in [-0.1, -0.05) is 0 Å². The zero-order chi connectivity index (χ0) is 17.6. The number of aromatic hydroxyl groups is 1. The zero-order valence-electron chi connectivity index (χ0n) is 12.8.